The summed E-state index contributed by atoms with van der Waals surface area (Å²) in [6.07, 6.45) is 1.69. The molecule has 3 aromatic carbocycles. The van der Waals surface area contributed by atoms with Crippen molar-refractivity contribution in [3.8, 4) is 29.0 Å². The van der Waals surface area contributed by atoms with E-state index < -0.39 is 17.5 Å². The fraction of sp³-hybridized carbons (Fsp3) is 0.441. The molecule has 3 aliphatic heterocycles. The Labute approximate surface area is 260 Å². The summed E-state index contributed by atoms with van der Waals surface area (Å²) in [5.41, 5.74) is 0.785. The van der Waals surface area contributed by atoms with E-state index >= 15 is 4.39 Å². The zero-order valence-corrected chi connectivity index (χ0v) is 25.3. The molecule has 4 heterocycles. The Hall–Kier alpha value is -4.11. The van der Waals surface area contributed by atoms with Gasteiger partial charge in [0.15, 0.2) is 12.6 Å². The molecule has 0 radical (unpaired) electrons. The average molecular weight is 615 g/mol. The summed E-state index contributed by atoms with van der Waals surface area (Å²) in [6.45, 7) is 3.37. The molecule has 0 spiro atoms. The number of nitrogens with zero attached hydrogens (tertiary/aromatic N) is 5. The zero-order valence-electron chi connectivity index (χ0n) is 25.3. The second-order valence-electron chi connectivity index (χ2n) is 12.2. The normalized spacial score (nSPS) is 23.4. The third-order valence-corrected chi connectivity index (χ3v) is 9.36. The van der Waals surface area contributed by atoms with Crippen LogP contribution in [0.25, 0.3) is 32.8 Å². The number of benzene rings is 3. The molecule has 3 atom stereocenters. The van der Waals surface area contributed by atoms with Crippen molar-refractivity contribution >= 4 is 27.5 Å². The average Bonchev–Trinajstić information content (AvgIpc) is 3.58. The number of halogens is 2. The Morgan fingerprint density at radius 2 is 1.96 bits per heavy atom. The van der Waals surface area contributed by atoms with Crippen LogP contribution in [0.5, 0.6) is 11.8 Å². The highest BCUT2D eigenvalue weighted by Crippen LogP contribution is 2.41. The maximum absolute atomic E-state index is 16.9. The van der Waals surface area contributed by atoms with Crippen molar-refractivity contribution in [2.75, 3.05) is 58.1 Å². The van der Waals surface area contributed by atoms with Gasteiger partial charge in [0, 0.05) is 56.7 Å². The van der Waals surface area contributed by atoms with Crippen LogP contribution < -0.4 is 19.7 Å². The molecular weight excluding hydrogens is 578 g/mol. The molecule has 4 aromatic rings. The fourth-order valence-electron chi connectivity index (χ4n) is 7.27. The van der Waals surface area contributed by atoms with Crippen molar-refractivity contribution in [3.63, 3.8) is 0 Å². The highest BCUT2D eigenvalue weighted by Gasteiger charge is 2.49. The summed E-state index contributed by atoms with van der Waals surface area (Å²) in [6, 6.07) is 17.4. The maximum atomic E-state index is 16.9. The van der Waals surface area contributed by atoms with E-state index in [4.69, 9.17) is 19.2 Å². The number of fused-ring (bicyclic) bond motifs is 3. The number of hydrogen-bond donors (Lipinski definition) is 1. The number of piperazine rings is 1. The number of alkyl halides is 1. The SMILES string of the molecule is COCOc1cc(-c2ccc3c(N4CCN[C@@H](CC#N)C4)nc(OC[C@@]45CCCN4C[C@H](F)C5)nc3c2F)c2ccccc2c1. The van der Waals surface area contributed by atoms with Gasteiger partial charge >= 0.3 is 6.01 Å². The standard InChI is InChI=1S/C34H36F2N6O3/c1-43-21-45-25-15-22-5-2-3-6-26(22)29(16-25)27-7-8-28-31(30(27)36)39-33(40-32(28)41-14-12-38-24(19-41)9-11-37)44-20-34-10-4-13-42(34)18-23(35)17-34/h2-3,5-8,15-16,23-24,38H,4,9-10,12-14,17-21H2,1H3/t23-,24+,34+/m1/s1. The summed E-state index contributed by atoms with van der Waals surface area (Å²) in [5, 5.41) is 15.0. The van der Waals surface area contributed by atoms with E-state index in [-0.39, 0.29) is 31.0 Å². The Bertz CT molecular complexity index is 1770. The van der Waals surface area contributed by atoms with Crippen LogP contribution in [-0.4, -0.2) is 85.9 Å². The molecule has 0 aliphatic carbocycles. The topological polar surface area (TPSA) is 95.8 Å². The lowest BCUT2D eigenvalue weighted by molar-refractivity contribution is 0.0512. The molecule has 0 bridgehead atoms. The third kappa shape index (κ3) is 5.63. The third-order valence-electron chi connectivity index (χ3n) is 9.36. The minimum atomic E-state index is -0.890. The van der Waals surface area contributed by atoms with Gasteiger partial charge in [-0.2, -0.15) is 15.2 Å². The molecule has 0 unspecified atom stereocenters. The predicted molar refractivity (Wildman–Crippen MR) is 168 cm³/mol. The number of ether oxygens (including phenoxy) is 3. The second kappa shape index (κ2) is 12.4. The van der Waals surface area contributed by atoms with Gasteiger partial charge in [-0.05, 0) is 53.9 Å². The molecule has 9 nitrogen and oxygen atoms in total. The first-order valence-electron chi connectivity index (χ1n) is 15.5. The zero-order chi connectivity index (χ0) is 31.0. The monoisotopic (exact) mass is 614 g/mol. The molecule has 0 saturated carbocycles. The van der Waals surface area contributed by atoms with Crippen LogP contribution in [-0.2, 0) is 4.74 Å². The molecule has 7 rings (SSSR count). The second-order valence-corrected chi connectivity index (χ2v) is 12.2. The van der Waals surface area contributed by atoms with Crippen LogP contribution in [0.4, 0.5) is 14.6 Å². The molecular formula is C34H36F2N6O3. The van der Waals surface area contributed by atoms with E-state index in [9.17, 15) is 9.65 Å². The fourth-order valence-corrected chi connectivity index (χ4v) is 7.27. The maximum Gasteiger partial charge on any atom is 0.319 e. The van der Waals surface area contributed by atoms with Crippen LogP contribution in [0.2, 0.25) is 0 Å². The van der Waals surface area contributed by atoms with Gasteiger partial charge in [0.25, 0.3) is 0 Å². The number of nitriles is 1. The van der Waals surface area contributed by atoms with Gasteiger partial charge in [-0.15, -0.1) is 0 Å². The molecule has 234 valence electrons. The van der Waals surface area contributed by atoms with Crippen molar-refractivity contribution in [3.05, 3.63) is 54.3 Å². The summed E-state index contributed by atoms with van der Waals surface area (Å²) in [5.74, 6) is 0.622. The van der Waals surface area contributed by atoms with Crippen molar-refractivity contribution in [2.24, 2.45) is 0 Å². The van der Waals surface area contributed by atoms with E-state index in [1.54, 1.807) is 13.2 Å². The number of hydrogen-bond acceptors (Lipinski definition) is 9. The lowest BCUT2D eigenvalue weighted by Crippen LogP contribution is -2.51. The summed E-state index contributed by atoms with van der Waals surface area (Å²) < 4.78 is 48.5. The van der Waals surface area contributed by atoms with Crippen LogP contribution in [0.1, 0.15) is 25.7 Å². The van der Waals surface area contributed by atoms with Crippen LogP contribution in [0.3, 0.4) is 0 Å². The number of methoxy groups -OCH3 is 1. The van der Waals surface area contributed by atoms with Crippen molar-refractivity contribution in [2.45, 2.75) is 43.4 Å². The Balaban J connectivity index is 1.33. The van der Waals surface area contributed by atoms with E-state index in [2.05, 4.69) is 26.2 Å². The molecule has 3 saturated heterocycles. The molecule has 45 heavy (non-hydrogen) atoms. The minimum absolute atomic E-state index is 0.0469. The smallest absolute Gasteiger partial charge is 0.319 e. The molecule has 1 aromatic heterocycles. The van der Waals surface area contributed by atoms with Gasteiger partial charge in [-0.25, -0.2) is 8.78 Å². The van der Waals surface area contributed by atoms with Crippen molar-refractivity contribution < 1.29 is 23.0 Å². The summed E-state index contributed by atoms with van der Waals surface area (Å²) in [4.78, 5) is 13.7. The van der Waals surface area contributed by atoms with Gasteiger partial charge < -0.3 is 24.4 Å². The Morgan fingerprint density at radius 3 is 2.82 bits per heavy atom. The van der Waals surface area contributed by atoms with E-state index in [1.807, 2.05) is 42.5 Å². The van der Waals surface area contributed by atoms with E-state index in [1.165, 1.54) is 0 Å². The number of nitrogens with one attached hydrogen (secondary N) is 1. The first kappa shape index (κ1) is 29.6. The number of anilines is 1. The first-order valence-corrected chi connectivity index (χ1v) is 15.5. The van der Waals surface area contributed by atoms with Crippen LogP contribution in [0.15, 0.2) is 48.5 Å². The number of aromatic nitrogens is 2. The van der Waals surface area contributed by atoms with E-state index in [0.29, 0.717) is 67.1 Å². The van der Waals surface area contributed by atoms with Crippen LogP contribution >= 0.6 is 0 Å². The van der Waals surface area contributed by atoms with Gasteiger partial charge in [0.1, 0.15) is 29.9 Å². The quantitative estimate of drug-likeness (QED) is 0.255. The van der Waals surface area contributed by atoms with Crippen molar-refractivity contribution in [1.29, 1.82) is 5.26 Å². The van der Waals surface area contributed by atoms with Gasteiger partial charge in [0.05, 0.1) is 18.0 Å². The van der Waals surface area contributed by atoms with Crippen LogP contribution in [0, 0.1) is 17.1 Å². The lowest BCUT2D eigenvalue weighted by atomic mass is 9.95. The molecule has 1 N–H and O–H groups in total. The Morgan fingerprint density at radius 1 is 1.07 bits per heavy atom. The molecule has 3 fully saturated rings. The van der Waals surface area contributed by atoms with E-state index in [0.717, 1.165) is 30.2 Å². The highest BCUT2D eigenvalue weighted by atomic mass is 19.1. The van der Waals surface area contributed by atoms with Gasteiger partial charge in [-0.1, -0.05) is 30.3 Å². The number of rotatable bonds is 9. The highest BCUT2D eigenvalue weighted by molar-refractivity contribution is 6.01. The molecule has 11 heteroatoms. The summed E-state index contributed by atoms with van der Waals surface area (Å²) >= 11 is 0. The lowest BCUT2D eigenvalue weighted by Gasteiger charge is -2.34. The first-order chi connectivity index (χ1) is 22.0. The van der Waals surface area contributed by atoms with Gasteiger partial charge in [0.2, 0.25) is 0 Å². The molecule has 0 amide bonds. The molecule has 3 aliphatic rings. The largest absolute Gasteiger partial charge is 0.468 e. The van der Waals surface area contributed by atoms with Gasteiger partial charge in [-0.3, -0.25) is 4.90 Å². The Kier molecular flexibility index (Phi) is 8.12. The minimum Gasteiger partial charge on any atom is -0.468 e. The summed E-state index contributed by atoms with van der Waals surface area (Å²) in [7, 11) is 1.55. The predicted octanol–water partition coefficient (Wildman–Crippen LogP) is 5.22. The van der Waals surface area contributed by atoms with Crippen molar-refractivity contribution in [1.82, 2.24) is 20.2 Å².